The average Bonchev–Trinajstić information content (AvgIpc) is 2.35. The standard InChI is InChI=1S/C15H18INO3/c1-10-4-2-5-11(13(10)16)14(20)17-9-15(6-3-7-15)8-12(18)19/h2,4-5H,3,6-9H2,1H3,(H,17,20)(H,18,19). The lowest BCUT2D eigenvalue weighted by molar-refractivity contribution is -0.141. The van der Waals surface area contributed by atoms with Gasteiger partial charge in [-0.3, -0.25) is 9.59 Å². The number of hydrogen-bond donors (Lipinski definition) is 2. The van der Waals surface area contributed by atoms with Gasteiger partial charge in [0.1, 0.15) is 0 Å². The molecule has 5 heteroatoms. The van der Waals surface area contributed by atoms with E-state index in [1.54, 1.807) is 6.07 Å². The summed E-state index contributed by atoms with van der Waals surface area (Å²) in [4.78, 5) is 23.1. The van der Waals surface area contributed by atoms with Gasteiger partial charge in [0.25, 0.3) is 5.91 Å². The highest BCUT2D eigenvalue weighted by Gasteiger charge is 2.39. The van der Waals surface area contributed by atoms with Crippen molar-refractivity contribution in [3.05, 3.63) is 32.9 Å². The van der Waals surface area contributed by atoms with Gasteiger partial charge in [-0.2, -0.15) is 0 Å². The van der Waals surface area contributed by atoms with Crippen LogP contribution in [-0.2, 0) is 4.79 Å². The van der Waals surface area contributed by atoms with Crippen LogP contribution >= 0.6 is 22.6 Å². The molecule has 0 aliphatic heterocycles. The van der Waals surface area contributed by atoms with Gasteiger partial charge in [0.2, 0.25) is 0 Å². The summed E-state index contributed by atoms with van der Waals surface area (Å²) in [6.07, 6.45) is 2.94. The number of carbonyl (C=O) groups excluding carboxylic acids is 1. The molecular formula is C15H18INO3. The second-order valence-corrected chi connectivity index (χ2v) is 6.62. The van der Waals surface area contributed by atoms with Gasteiger partial charge in [0.05, 0.1) is 12.0 Å². The highest BCUT2D eigenvalue weighted by Crippen LogP contribution is 2.43. The van der Waals surface area contributed by atoms with Gasteiger partial charge in [-0.15, -0.1) is 0 Å². The molecule has 1 aromatic rings. The van der Waals surface area contributed by atoms with Crippen molar-refractivity contribution in [2.75, 3.05) is 6.54 Å². The zero-order chi connectivity index (χ0) is 14.8. The summed E-state index contributed by atoms with van der Waals surface area (Å²) in [6, 6.07) is 5.63. The summed E-state index contributed by atoms with van der Waals surface area (Å²) in [5, 5.41) is 11.9. The molecule has 2 rings (SSSR count). The topological polar surface area (TPSA) is 66.4 Å². The third kappa shape index (κ3) is 3.31. The first-order valence-electron chi connectivity index (χ1n) is 6.69. The lowest BCUT2D eigenvalue weighted by Crippen LogP contribution is -2.43. The third-order valence-electron chi connectivity index (χ3n) is 4.00. The molecule has 4 nitrogen and oxygen atoms in total. The molecule has 1 aliphatic rings. The van der Waals surface area contributed by atoms with E-state index in [2.05, 4.69) is 27.9 Å². The quantitative estimate of drug-likeness (QED) is 0.764. The summed E-state index contributed by atoms with van der Waals surface area (Å²) in [7, 11) is 0. The molecule has 0 atom stereocenters. The smallest absolute Gasteiger partial charge is 0.303 e. The predicted octanol–water partition coefficient (Wildman–Crippen LogP) is 2.97. The van der Waals surface area contributed by atoms with Gasteiger partial charge in [0.15, 0.2) is 0 Å². The van der Waals surface area contributed by atoms with Crippen LogP contribution in [0.25, 0.3) is 0 Å². The van der Waals surface area contributed by atoms with Crippen molar-refractivity contribution in [2.45, 2.75) is 32.6 Å². The summed E-state index contributed by atoms with van der Waals surface area (Å²) < 4.78 is 0.948. The van der Waals surface area contributed by atoms with E-state index >= 15 is 0 Å². The Labute approximate surface area is 132 Å². The maximum atomic E-state index is 12.2. The molecule has 1 fully saturated rings. The minimum atomic E-state index is -0.788. The molecule has 1 aliphatic carbocycles. The molecule has 0 bridgehead atoms. The lowest BCUT2D eigenvalue weighted by Gasteiger charge is -2.40. The zero-order valence-electron chi connectivity index (χ0n) is 11.4. The van der Waals surface area contributed by atoms with Crippen LogP contribution in [-0.4, -0.2) is 23.5 Å². The van der Waals surface area contributed by atoms with E-state index in [1.165, 1.54) is 0 Å². The van der Waals surface area contributed by atoms with Gasteiger partial charge in [-0.05, 0) is 59.4 Å². The lowest BCUT2D eigenvalue weighted by atomic mass is 9.66. The number of aliphatic carboxylic acids is 1. The molecule has 1 saturated carbocycles. The fourth-order valence-electron chi connectivity index (χ4n) is 2.60. The fourth-order valence-corrected chi connectivity index (χ4v) is 3.20. The Hall–Kier alpha value is -1.11. The van der Waals surface area contributed by atoms with Gasteiger partial charge in [0, 0.05) is 10.1 Å². The van der Waals surface area contributed by atoms with Crippen molar-refractivity contribution < 1.29 is 14.7 Å². The summed E-state index contributed by atoms with van der Waals surface area (Å²) in [5.74, 6) is -0.904. The van der Waals surface area contributed by atoms with Gasteiger partial charge >= 0.3 is 5.97 Å². The molecule has 0 unspecified atom stereocenters. The van der Waals surface area contributed by atoms with E-state index in [9.17, 15) is 9.59 Å². The summed E-state index contributed by atoms with van der Waals surface area (Å²) in [5.41, 5.74) is 1.49. The second kappa shape index (κ2) is 6.11. The Morgan fingerprint density at radius 2 is 2.10 bits per heavy atom. The van der Waals surface area contributed by atoms with Crippen LogP contribution in [0.4, 0.5) is 0 Å². The molecule has 1 amide bonds. The number of carbonyl (C=O) groups is 2. The van der Waals surface area contributed by atoms with Crippen molar-refractivity contribution in [1.82, 2.24) is 5.32 Å². The van der Waals surface area contributed by atoms with Crippen LogP contribution in [0.1, 0.15) is 41.6 Å². The number of rotatable bonds is 5. The minimum Gasteiger partial charge on any atom is -0.481 e. The van der Waals surface area contributed by atoms with Gasteiger partial charge < -0.3 is 10.4 Å². The Kier molecular flexibility index (Phi) is 4.67. The molecule has 0 aromatic heterocycles. The number of nitrogens with one attached hydrogen (secondary N) is 1. The second-order valence-electron chi connectivity index (χ2n) is 5.54. The number of halogens is 1. The van der Waals surface area contributed by atoms with Crippen molar-refractivity contribution in [1.29, 1.82) is 0 Å². The molecule has 0 heterocycles. The van der Waals surface area contributed by atoms with Crippen LogP contribution in [0.15, 0.2) is 18.2 Å². The predicted molar refractivity (Wildman–Crippen MR) is 84.8 cm³/mol. The monoisotopic (exact) mass is 387 g/mol. The number of benzene rings is 1. The molecule has 1 aromatic carbocycles. The van der Waals surface area contributed by atoms with Crippen LogP contribution in [0.3, 0.4) is 0 Å². The van der Waals surface area contributed by atoms with Gasteiger partial charge in [-0.1, -0.05) is 18.6 Å². The Morgan fingerprint density at radius 3 is 2.65 bits per heavy atom. The summed E-state index contributed by atoms with van der Waals surface area (Å²) >= 11 is 2.17. The fraction of sp³-hybridized carbons (Fsp3) is 0.467. The SMILES string of the molecule is Cc1cccc(C(=O)NCC2(CC(=O)O)CCC2)c1I. The molecule has 0 radical (unpaired) electrons. The Morgan fingerprint density at radius 1 is 1.40 bits per heavy atom. The van der Waals surface area contributed by atoms with E-state index in [0.29, 0.717) is 12.1 Å². The van der Waals surface area contributed by atoms with Crippen LogP contribution in [0.5, 0.6) is 0 Å². The average molecular weight is 387 g/mol. The van der Waals surface area contributed by atoms with Crippen LogP contribution < -0.4 is 5.32 Å². The van der Waals surface area contributed by atoms with E-state index < -0.39 is 5.97 Å². The van der Waals surface area contributed by atoms with E-state index in [1.807, 2.05) is 19.1 Å². The van der Waals surface area contributed by atoms with Crippen LogP contribution in [0, 0.1) is 15.9 Å². The van der Waals surface area contributed by atoms with Crippen molar-refractivity contribution in [3.63, 3.8) is 0 Å². The number of carboxylic acids is 1. The Balaban J connectivity index is 2.01. The molecule has 2 N–H and O–H groups in total. The van der Waals surface area contributed by atoms with Crippen molar-refractivity contribution >= 4 is 34.5 Å². The number of carboxylic acid groups (broad SMARTS) is 1. The highest BCUT2D eigenvalue weighted by atomic mass is 127. The largest absolute Gasteiger partial charge is 0.481 e. The van der Waals surface area contributed by atoms with E-state index in [-0.39, 0.29) is 17.7 Å². The molecule has 108 valence electrons. The van der Waals surface area contributed by atoms with Crippen LogP contribution in [0.2, 0.25) is 0 Å². The number of hydrogen-bond acceptors (Lipinski definition) is 2. The zero-order valence-corrected chi connectivity index (χ0v) is 13.6. The van der Waals surface area contributed by atoms with E-state index in [0.717, 1.165) is 28.4 Å². The van der Waals surface area contributed by atoms with Gasteiger partial charge in [-0.25, -0.2) is 0 Å². The molecule has 20 heavy (non-hydrogen) atoms. The number of amides is 1. The highest BCUT2D eigenvalue weighted by molar-refractivity contribution is 14.1. The van der Waals surface area contributed by atoms with Crippen molar-refractivity contribution in [3.8, 4) is 0 Å². The van der Waals surface area contributed by atoms with Crippen molar-refractivity contribution in [2.24, 2.45) is 5.41 Å². The normalized spacial score (nSPS) is 16.3. The first kappa shape index (κ1) is 15.3. The number of aryl methyl sites for hydroxylation is 1. The maximum Gasteiger partial charge on any atom is 0.303 e. The third-order valence-corrected chi connectivity index (χ3v) is 5.43. The minimum absolute atomic E-state index is 0.116. The first-order chi connectivity index (χ1) is 9.43. The molecular weight excluding hydrogens is 369 g/mol. The maximum absolute atomic E-state index is 12.2. The first-order valence-corrected chi connectivity index (χ1v) is 7.76. The Bertz CT molecular complexity index is 538. The molecule has 0 spiro atoms. The summed E-state index contributed by atoms with van der Waals surface area (Å²) in [6.45, 7) is 2.42. The molecule has 0 saturated heterocycles. The van der Waals surface area contributed by atoms with E-state index in [4.69, 9.17) is 5.11 Å².